The fourth-order valence-electron chi connectivity index (χ4n) is 3.15. The van der Waals surface area contributed by atoms with Crippen molar-refractivity contribution in [3.63, 3.8) is 0 Å². The molecular formula is C25H23F4P. The lowest BCUT2D eigenvalue weighted by atomic mass is 9.97. The smallest absolute Gasteiger partial charge is 0.195 e. The second-order valence-electron chi connectivity index (χ2n) is 6.48. The summed E-state index contributed by atoms with van der Waals surface area (Å²) in [4.78, 5) is 0. The van der Waals surface area contributed by atoms with Crippen LogP contribution in [0.1, 0.15) is 19.4 Å². The highest BCUT2D eigenvalue weighted by atomic mass is 31.0. The van der Waals surface area contributed by atoms with Gasteiger partial charge in [-0.1, -0.05) is 67.9 Å². The predicted octanol–water partition coefficient (Wildman–Crippen LogP) is 8.12. The van der Waals surface area contributed by atoms with Crippen LogP contribution in [-0.2, 0) is 0 Å². The first kappa shape index (κ1) is 23.6. The Bertz CT molecular complexity index is 1170. The first-order chi connectivity index (χ1) is 13.9. The molecule has 0 aromatic heterocycles. The molecule has 5 heteroatoms. The summed E-state index contributed by atoms with van der Waals surface area (Å²) in [6, 6.07) is 17.8. The van der Waals surface area contributed by atoms with Crippen molar-refractivity contribution in [2.45, 2.75) is 20.8 Å². The Balaban J connectivity index is 0.00000104. The summed E-state index contributed by atoms with van der Waals surface area (Å²) >= 11 is 0. The third kappa shape index (κ3) is 4.55. The van der Waals surface area contributed by atoms with Gasteiger partial charge in [0.05, 0.1) is 0 Å². The third-order valence-electron chi connectivity index (χ3n) is 4.64. The van der Waals surface area contributed by atoms with Crippen molar-refractivity contribution in [2.24, 2.45) is 0 Å². The van der Waals surface area contributed by atoms with Gasteiger partial charge in [-0.2, -0.15) is 9.90 Å². The molecule has 0 aliphatic rings. The summed E-state index contributed by atoms with van der Waals surface area (Å²) in [5.74, 6) is -4.47. The van der Waals surface area contributed by atoms with E-state index in [-0.39, 0.29) is 20.7 Å². The second kappa shape index (κ2) is 9.86. The summed E-state index contributed by atoms with van der Waals surface area (Å²) in [5.41, 5.74) is 3.50. The molecule has 4 aromatic carbocycles. The summed E-state index contributed by atoms with van der Waals surface area (Å²) < 4.78 is 55.4. The monoisotopic (exact) mass is 430 g/mol. The Kier molecular flexibility index (Phi) is 7.75. The van der Waals surface area contributed by atoms with Gasteiger partial charge in [0.1, 0.15) is 5.82 Å². The first-order valence-electron chi connectivity index (χ1n) is 9.38. The first-order valence-corrected chi connectivity index (χ1v) is 9.38. The van der Waals surface area contributed by atoms with E-state index in [1.54, 1.807) is 12.1 Å². The Morgan fingerprint density at radius 2 is 1.17 bits per heavy atom. The molecular weight excluding hydrogens is 407 g/mol. The lowest BCUT2D eigenvalue weighted by Gasteiger charge is -2.09. The highest BCUT2D eigenvalue weighted by Crippen LogP contribution is 2.32. The van der Waals surface area contributed by atoms with Crippen LogP contribution in [0.15, 0.2) is 66.7 Å². The number of hydrogen-bond acceptors (Lipinski definition) is 0. The zero-order valence-corrected chi connectivity index (χ0v) is 18.5. The van der Waals surface area contributed by atoms with Crippen molar-refractivity contribution in [1.82, 2.24) is 0 Å². The van der Waals surface area contributed by atoms with Gasteiger partial charge in [0.2, 0.25) is 0 Å². The number of halogens is 4. The molecule has 1 unspecified atom stereocenters. The van der Waals surface area contributed by atoms with Crippen molar-refractivity contribution >= 4 is 20.7 Å². The van der Waals surface area contributed by atoms with Gasteiger partial charge in [0, 0.05) is 10.9 Å². The molecule has 0 spiro atoms. The zero-order chi connectivity index (χ0) is 21.1. The minimum Gasteiger partial charge on any atom is -0.206 e. The number of benzene rings is 4. The van der Waals surface area contributed by atoms with Crippen LogP contribution in [0.5, 0.6) is 0 Å². The van der Waals surface area contributed by atoms with Crippen LogP contribution in [0.3, 0.4) is 0 Å². The molecule has 0 aliphatic carbocycles. The molecule has 4 aromatic rings. The predicted molar refractivity (Wildman–Crippen MR) is 122 cm³/mol. The Hall–Kier alpha value is -2.71. The highest BCUT2D eigenvalue weighted by Gasteiger charge is 2.15. The Labute approximate surface area is 177 Å². The number of fused-ring (bicyclic) bond motifs is 1. The fraction of sp³-hybridized carbons (Fsp3) is 0.120. The molecule has 0 bridgehead atoms. The van der Waals surface area contributed by atoms with Crippen molar-refractivity contribution in [3.05, 3.63) is 95.6 Å². The molecule has 1 atom stereocenters. The van der Waals surface area contributed by atoms with Gasteiger partial charge in [-0.15, -0.1) is 0 Å². The molecule has 0 N–H and O–H groups in total. The Morgan fingerprint density at radius 1 is 0.567 bits per heavy atom. The molecule has 0 nitrogen and oxygen atoms in total. The molecule has 0 heterocycles. The molecule has 156 valence electrons. The maximum atomic E-state index is 14.7. The van der Waals surface area contributed by atoms with Gasteiger partial charge in [-0.05, 0) is 47.2 Å². The maximum Gasteiger partial charge on any atom is 0.195 e. The zero-order valence-electron chi connectivity index (χ0n) is 17.1. The molecule has 0 aliphatic heterocycles. The maximum absolute atomic E-state index is 14.7. The van der Waals surface area contributed by atoms with Gasteiger partial charge in [0.25, 0.3) is 0 Å². The van der Waals surface area contributed by atoms with Gasteiger partial charge >= 0.3 is 0 Å². The molecule has 0 saturated heterocycles. The molecule has 30 heavy (non-hydrogen) atoms. The molecule has 0 saturated carbocycles. The van der Waals surface area contributed by atoms with Crippen LogP contribution in [0.2, 0.25) is 0 Å². The van der Waals surface area contributed by atoms with Crippen LogP contribution in [-0.4, -0.2) is 0 Å². The topological polar surface area (TPSA) is 0 Å². The van der Waals surface area contributed by atoms with Crippen molar-refractivity contribution in [3.8, 4) is 22.3 Å². The van der Waals surface area contributed by atoms with E-state index in [0.717, 1.165) is 22.8 Å². The van der Waals surface area contributed by atoms with Crippen LogP contribution in [0.25, 0.3) is 33.0 Å². The van der Waals surface area contributed by atoms with Gasteiger partial charge in [-0.25, -0.2) is 17.6 Å². The van der Waals surface area contributed by atoms with E-state index in [2.05, 4.69) is 0 Å². The van der Waals surface area contributed by atoms with Crippen molar-refractivity contribution in [2.75, 3.05) is 0 Å². The SMILES string of the molecule is CC.Cc1ccc(-c2ccc(-c3ccc4c(F)c(F)c(F)cc4c3)c(F)c2)cc1.P. The largest absolute Gasteiger partial charge is 0.206 e. The van der Waals surface area contributed by atoms with Gasteiger partial charge in [0.15, 0.2) is 17.5 Å². The average molecular weight is 430 g/mol. The Morgan fingerprint density at radius 3 is 1.80 bits per heavy atom. The van der Waals surface area contributed by atoms with E-state index in [4.69, 9.17) is 0 Å². The quantitative estimate of drug-likeness (QED) is 0.171. The average Bonchev–Trinajstić information content (AvgIpc) is 2.74. The van der Waals surface area contributed by atoms with Crippen molar-refractivity contribution in [1.29, 1.82) is 0 Å². The summed E-state index contributed by atoms with van der Waals surface area (Å²) in [7, 11) is 0. The lowest BCUT2D eigenvalue weighted by Crippen LogP contribution is -1.93. The fourth-order valence-corrected chi connectivity index (χ4v) is 3.15. The number of rotatable bonds is 2. The molecule has 0 radical (unpaired) electrons. The molecule has 0 amide bonds. The van der Waals surface area contributed by atoms with Gasteiger partial charge < -0.3 is 0 Å². The number of aryl methyl sites for hydroxylation is 1. The highest BCUT2D eigenvalue weighted by molar-refractivity contribution is 6.92. The van der Waals surface area contributed by atoms with E-state index < -0.39 is 23.3 Å². The lowest BCUT2D eigenvalue weighted by molar-refractivity contribution is 0.453. The summed E-state index contributed by atoms with van der Waals surface area (Å²) in [6.45, 7) is 5.98. The van der Waals surface area contributed by atoms with E-state index in [1.165, 1.54) is 24.3 Å². The van der Waals surface area contributed by atoms with Gasteiger partial charge in [-0.3, -0.25) is 0 Å². The van der Waals surface area contributed by atoms with E-state index in [1.807, 2.05) is 45.0 Å². The molecule has 4 rings (SSSR count). The summed E-state index contributed by atoms with van der Waals surface area (Å²) in [6.07, 6.45) is 0. The standard InChI is InChI=1S/C23H14F4.C2H6.H3P/c1-13-2-4-14(5-3-13)15-6-8-18(20(24)11-15)16-7-9-19-17(10-16)12-21(25)23(27)22(19)26;1-2;/h2-12H,1H3;1-2H3;1H3. The van der Waals surface area contributed by atoms with Crippen LogP contribution >= 0.6 is 9.90 Å². The van der Waals surface area contributed by atoms with Crippen LogP contribution in [0, 0.1) is 30.2 Å². The van der Waals surface area contributed by atoms with E-state index in [9.17, 15) is 17.6 Å². The van der Waals surface area contributed by atoms with Crippen LogP contribution in [0.4, 0.5) is 17.6 Å². The van der Waals surface area contributed by atoms with E-state index >= 15 is 0 Å². The third-order valence-corrected chi connectivity index (χ3v) is 4.64. The normalized spacial score (nSPS) is 10.2. The second-order valence-corrected chi connectivity index (χ2v) is 6.48. The van der Waals surface area contributed by atoms with E-state index in [0.29, 0.717) is 11.1 Å². The minimum atomic E-state index is -1.51. The van der Waals surface area contributed by atoms with Crippen molar-refractivity contribution < 1.29 is 17.6 Å². The summed E-state index contributed by atoms with van der Waals surface area (Å²) in [5, 5.41) is 0.125. The minimum absolute atomic E-state index is 0. The molecule has 0 fully saturated rings. The van der Waals surface area contributed by atoms with Crippen LogP contribution < -0.4 is 0 Å². The number of hydrogen-bond donors (Lipinski definition) is 0.